The number of anilines is 1. The molecule has 27 heavy (non-hydrogen) atoms. The summed E-state index contributed by atoms with van der Waals surface area (Å²) in [5.41, 5.74) is 1.60. The number of nitriles is 1. The normalized spacial score (nSPS) is 16.3. The van der Waals surface area contributed by atoms with Crippen LogP contribution in [0.15, 0.2) is 34.0 Å². The Morgan fingerprint density at radius 2 is 2.22 bits per heavy atom. The summed E-state index contributed by atoms with van der Waals surface area (Å²) in [6.07, 6.45) is 1.36. The van der Waals surface area contributed by atoms with Crippen LogP contribution in [0.2, 0.25) is 0 Å². The van der Waals surface area contributed by atoms with Crippen molar-refractivity contribution in [3.05, 3.63) is 40.9 Å². The van der Waals surface area contributed by atoms with Gasteiger partial charge in [-0.25, -0.2) is 9.78 Å². The summed E-state index contributed by atoms with van der Waals surface area (Å²) in [5, 5.41) is 22.6. The zero-order valence-electron chi connectivity index (χ0n) is 14.4. The van der Waals surface area contributed by atoms with Gasteiger partial charge < -0.3 is 15.3 Å². The van der Waals surface area contributed by atoms with E-state index in [0.717, 1.165) is 12.1 Å². The number of carbonyl (C=O) groups excluding carboxylic acids is 1. The van der Waals surface area contributed by atoms with Crippen LogP contribution in [0.3, 0.4) is 0 Å². The van der Waals surface area contributed by atoms with E-state index < -0.39 is 5.97 Å². The maximum absolute atomic E-state index is 12.2. The molecule has 1 amide bonds. The van der Waals surface area contributed by atoms with E-state index in [4.69, 9.17) is 10.4 Å². The number of aromatic carboxylic acids is 1. The van der Waals surface area contributed by atoms with Crippen LogP contribution in [-0.2, 0) is 4.79 Å². The monoisotopic (exact) mass is 402 g/mol. The van der Waals surface area contributed by atoms with Gasteiger partial charge in [-0.1, -0.05) is 11.8 Å². The highest BCUT2D eigenvalue weighted by Gasteiger charge is 2.30. The zero-order valence-corrected chi connectivity index (χ0v) is 16.1. The molecule has 1 aliphatic heterocycles. The molecule has 1 saturated heterocycles. The molecule has 2 aromatic rings. The van der Waals surface area contributed by atoms with Crippen molar-refractivity contribution < 1.29 is 14.7 Å². The van der Waals surface area contributed by atoms with Crippen molar-refractivity contribution in [1.82, 2.24) is 9.88 Å². The number of carbonyl (C=O) groups is 2. The van der Waals surface area contributed by atoms with Crippen molar-refractivity contribution in [2.45, 2.75) is 23.2 Å². The van der Waals surface area contributed by atoms with Gasteiger partial charge in [0.1, 0.15) is 0 Å². The van der Waals surface area contributed by atoms with Crippen molar-refractivity contribution >= 4 is 40.7 Å². The molecular formula is C18H18N4O3S2. The van der Waals surface area contributed by atoms with Gasteiger partial charge in [-0.05, 0) is 30.7 Å². The second-order valence-corrected chi connectivity index (χ2v) is 8.20. The first-order valence-corrected chi connectivity index (χ1v) is 10.3. The number of hydrogen-bond donors (Lipinski definition) is 2. The van der Waals surface area contributed by atoms with Crippen LogP contribution in [-0.4, -0.2) is 51.8 Å². The molecule has 9 heteroatoms. The van der Waals surface area contributed by atoms with Crippen molar-refractivity contribution in [2.24, 2.45) is 0 Å². The molecule has 1 aliphatic rings. The lowest BCUT2D eigenvalue weighted by Crippen LogP contribution is -2.39. The number of carboxylic acids is 1. The molecule has 0 spiro atoms. The molecule has 3 rings (SSSR count). The van der Waals surface area contributed by atoms with Crippen LogP contribution >= 0.6 is 23.1 Å². The lowest BCUT2D eigenvalue weighted by molar-refractivity contribution is -0.128. The van der Waals surface area contributed by atoms with E-state index in [1.54, 1.807) is 12.1 Å². The molecule has 0 saturated carbocycles. The van der Waals surface area contributed by atoms with Gasteiger partial charge in [-0.15, -0.1) is 11.3 Å². The van der Waals surface area contributed by atoms with Crippen LogP contribution in [0.25, 0.3) is 0 Å². The van der Waals surface area contributed by atoms with E-state index in [0.29, 0.717) is 35.2 Å². The standard InChI is InChI=1S/C18H18N4O3S2/c19-9-12-1-3-13(4-2-12)20-10-14-5-6-16(23)22(14)7-8-26-18-21-15(11-27-18)17(24)25/h1-4,11,14,20H,5-8,10H2,(H,24,25)/t14-/m1/s1. The van der Waals surface area contributed by atoms with Crippen molar-refractivity contribution in [3.8, 4) is 6.07 Å². The average Bonchev–Trinajstić information content (AvgIpc) is 3.28. The third kappa shape index (κ3) is 4.99. The smallest absolute Gasteiger partial charge is 0.355 e. The fraction of sp³-hybridized carbons (Fsp3) is 0.333. The maximum atomic E-state index is 12.2. The van der Waals surface area contributed by atoms with Gasteiger partial charge in [0.25, 0.3) is 0 Å². The van der Waals surface area contributed by atoms with Crippen molar-refractivity contribution in [1.29, 1.82) is 5.26 Å². The van der Waals surface area contributed by atoms with Crippen LogP contribution in [0, 0.1) is 11.3 Å². The lowest BCUT2D eigenvalue weighted by Gasteiger charge is -2.25. The molecule has 1 aromatic carbocycles. The Labute approximate surface area is 165 Å². The molecule has 0 bridgehead atoms. The summed E-state index contributed by atoms with van der Waals surface area (Å²) in [5.74, 6) is -0.208. The third-order valence-corrected chi connectivity index (χ3v) is 6.27. The van der Waals surface area contributed by atoms with Gasteiger partial charge in [-0.3, -0.25) is 4.79 Å². The molecule has 1 aromatic heterocycles. The van der Waals surface area contributed by atoms with Gasteiger partial charge in [0.05, 0.1) is 11.6 Å². The van der Waals surface area contributed by atoms with Gasteiger partial charge in [0.2, 0.25) is 5.91 Å². The Morgan fingerprint density at radius 3 is 2.89 bits per heavy atom. The highest BCUT2D eigenvalue weighted by Crippen LogP contribution is 2.25. The van der Waals surface area contributed by atoms with E-state index in [9.17, 15) is 9.59 Å². The van der Waals surface area contributed by atoms with Crippen LogP contribution in [0.5, 0.6) is 0 Å². The predicted molar refractivity (Wildman–Crippen MR) is 104 cm³/mol. The molecule has 0 aliphatic carbocycles. The largest absolute Gasteiger partial charge is 0.476 e. The molecule has 1 fully saturated rings. The second-order valence-electron chi connectivity index (χ2n) is 6.00. The topological polar surface area (TPSA) is 106 Å². The lowest BCUT2D eigenvalue weighted by atomic mass is 10.2. The highest BCUT2D eigenvalue weighted by atomic mass is 32.2. The number of nitrogens with one attached hydrogen (secondary N) is 1. The number of aromatic nitrogens is 1. The number of benzene rings is 1. The molecule has 0 radical (unpaired) electrons. The summed E-state index contributed by atoms with van der Waals surface area (Å²) < 4.78 is 0.700. The SMILES string of the molecule is N#Cc1ccc(NC[C@H]2CCC(=O)N2CCSc2nc(C(=O)O)cs2)cc1. The molecule has 2 N–H and O–H groups in total. The number of thiazole rings is 1. The van der Waals surface area contributed by atoms with Crippen LogP contribution in [0.1, 0.15) is 28.9 Å². The number of amides is 1. The van der Waals surface area contributed by atoms with Gasteiger partial charge >= 0.3 is 5.97 Å². The van der Waals surface area contributed by atoms with Crippen molar-refractivity contribution in [3.63, 3.8) is 0 Å². The van der Waals surface area contributed by atoms with Crippen LogP contribution < -0.4 is 5.32 Å². The summed E-state index contributed by atoms with van der Waals surface area (Å²) in [7, 11) is 0. The van der Waals surface area contributed by atoms with Crippen molar-refractivity contribution in [2.75, 3.05) is 24.2 Å². The van der Waals surface area contributed by atoms with Gasteiger partial charge in [0.15, 0.2) is 10.0 Å². The minimum Gasteiger partial charge on any atom is -0.476 e. The van der Waals surface area contributed by atoms with Crippen LogP contribution in [0.4, 0.5) is 5.69 Å². The summed E-state index contributed by atoms with van der Waals surface area (Å²) in [6.45, 7) is 1.26. The minimum atomic E-state index is -1.03. The first kappa shape index (κ1) is 19.2. The van der Waals surface area contributed by atoms with E-state index >= 15 is 0 Å². The summed E-state index contributed by atoms with van der Waals surface area (Å²) >= 11 is 2.77. The maximum Gasteiger partial charge on any atom is 0.355 e. The van der Waals surface area contributed by atoms with E-state index in [2.05, 4.69) is 16.4 Å². The Balaban J connectivity index is 1.49. The van der Waals surface area contributed by atoms with Gasteiger partial charge in [-0.2, -0.15) is 5.26 Å². The second kappa shape index (κ2) is 8.88. The van der Waals surface area contributed by atoms with E-state index in [-0.39, 0.29) is 17.6 Å². The minimum absolute atomic E-state index is 0.0595. The molecule has 7 nitrogen and oxygen atoms in total. The number of hydrogen-bond acceptors (Lipinski definition) is 7. The predicted octanol–water partition coefficient (Wildman–Crippen LogP) is 2.91. The third-order valence-electron chi connectivity index (χ3n) is 4.27. The summed E-state index contributed by atoms with van der Waals surface area (Å²) in [4.78, 5) is 29.0. The number of likely N-dealkylation sites (tertiary alicyclic amines) is 1. The fourth-order valence-electron chi connectivity index (χ4n) is 2.86. The Hall–Kier alpha value is -2.57. The number of carboxylic acid groups (broad SMARTS) is 1. The molecule has 1 atom stereocenters. The number of rotatable bonds is 8. The fourth-order valence-corrected chi connectivity index (χ4v) is 4.67. The quantitative estimate of drug-likeness (QED) is 0.654. The molecular weight excluding hydrogens is 384 g/mol. The molecule has 2 heterocycles. The zero-order chi connectivity index (χ0) is 19.2. The first-order chi connectivity index (χ1) is 13.1. The first-order valence-electron chi connectivity index (χ1n) is 8.42. The van der Waals surface area contributed by atoms with Gasteiger partial charge in [0, 0.05) is 42.4 Å². The number of thioether (sulfide) groups is 1. The highest BCUT2D eigenvalue weighted by molar-refractivity contribution is 8.01. The molecule has 140 valence electrons. The van der Waals surface area contributed by atoms with E-state index in [1.807, 2.05) is 17.0 Å². The molecule has 0 unspecified atom stereocenters. The summed E-state index contributed by atoms with van der Waals surface area (Å²) in [6, 6.07) is 9.45. The average molecular weight is 403 g/mol. The Morgan fingerprint density at radius 1 is 1.44 bits per heavy atom. The Bertz CT molecular complexity index is 860. The Kier molecular flexibility index (Phi) is 6.32. The van der Waals surface area contributed by atoms with E-state index in [1.165, 1.54) is 28.5 Å². The number of nitrogens with zero attached hydrogens (tertiary/aromatic N) is 3.